The topological polar surface area (TPSA) is 46.2 Å². The molecule has 0 heterocycles. The predicted octanol–water partition coefficient (Wildman–Crippen LogP) is 2.35. The summed E-state index contributed by atoms with van der Waals surface area (Å²) < 4.78 is 36.1. The van der Waals surface area contributed by atoms with Crippen LogP contribution in [0.5, 0.6) is 0 Å². The van der Waals surface area contributed by atoms with Gasteiger partial charge in [0.25, 0.3) is 0 Å². The fourth-order valence-corrected chi connectivity index (χ4v) is 2.21. The van der Waals surface area contributed by atoms with Gasteiger partial charge in [0, 0.05) is 0 Å². The lowest BCUT2D eigenvalue weighted by molar-refractivity contribution is -0.156. The van der Waals surface area contributed by atoms with Crippen molar-refractivity contribution >= 4 is 11.7 Å². The van der Waals surface area contributed by atoms with E-state index in [0.717, 1.165) is 19.3 Å². The zero-order valence-electron chi connectivity index (χ0n) is 9.69. The molecule has 1 aliphatic rings. The van der Waals surface area contributed by atoms with E-state index < -0.39 is 24.0 Å². The Balaban J connectivity index is 2.67. The van der Waals surface area contributed by atoms with Gasteiger partial charge >= 0.3 is 6.18 Å². The number of carbonyl (C=O) groups excluding carboxylic acids is 2. The van der Waals surface area contributed by atoms with Crippen molar-refractivity contribution in [2.24, 2.45) is 0 Å². The van der Waals surface area contributed by atoms with E-state index in [1.807, 2.05) is 0 Å². The van der Waals surface area contributed by atoms with Crippen molar-refractivity contribution in [2.45, 2.75) is 57.2 Å². The number of nitrogens with one attached hydrogen (secondary N) is 1. The molecule has 1 fully saturated rings. The van der Waals surface area contributed by atoms with E-state index >= 15 is 0 Å². The van der Waals surface area contributed by atoms with Gasteiger partial charge in [-0.3, -0.25) is 9.59 Å². The lowest BCUT2D eigenvalue weighted by Crippen LogP contribution is -2.55. The minimum Gasteiger partial charge on any atom is -0.343 e. The summed E-state index contributed by atoms with van der Waals surface area (Å²) >= 11 is 0. The van der Waals surface area contributed by atoms with Gasteiger partial charge in [-0.15, -0.1) is 0 Å². The van der Waals surface area contributed by atoms with Crippen molar-refractivity contribution in [1.82, 2.24) is 5.32 Å². The minimum absolute atomic E-state index is 0.257. The molecule has 1 aliphatic carbocycles. The number of Topliss-reactive ketones (excluding diaryl/α,β-unsaturated/α-hetero) is 1. The largest absolute Gasteiger partial charge is 0.397 e. The molecule has 0 unspecified atom stereocenters. The fourth-order valence-electron chi connectivity index (χ4n) is 2.21. The van der Waals surface area contributed by atoms with E-state index in [4.69, 9.17) is 0 Å². The molecule has 0 aromatic carbocycles. The number of rotatable bonds is 3. The van der Waals surface area contributed by atoms with E-state index in [1.165, 1.54) is 6.92 Å². The van der Waals surface area contributed by atoms with Crippen LogP contribution in [-0.4, -0.2) is 23.4 Å². The van der Waals surface area contributed by atoms with Crippen molar-refractivity contribution in [1.29, 1.82) is 0 Å². The first-order valence-electron chi connectivity index (χ1n) is 5.64. The third-order valence-corrected chi connectivity index (χ3v) is 3.12. The lowest BCUT2D eigenvalue weighted by Gasteiger charge is -2.35. The molecule has 1 amide bonds. The zero-order chi connectivity index (χ0) is 13.1. The quantitative estimate of drug-likeness (QED) is 0.836. The third-order valence-electron chi connectivity index (χ3n) is 3.12. The van der Waals surface area contributed by atoms with Gasteiger partial charge in [-0.2, -0.15) is 13.2 Å². The molecule has 17 heavy (non-hydrogen) atoms. The Morgan fingerprint density at radius 2 is 1.71 bits per heavy atom. The first kappa shape index (κ1) is 14.0. The Bertz CT molecular complexity index is 306. The standard InChI is InChI=1S/C11H16F3NO2/c1-8(16)10(5-3-2-4-6-10)15-9(17)7-11(12,13)14/h2-7H2,1H3,(H,15,17). The summed E-state index contributed by atoms with van der Waals surface area (Å²) in [6.07, 6.45) is -2.72. The summed E-state index contributed by atoms with van der Waals surface area (Å²) in [4.78, 5) is 22.8. The molecule has 0 aliphatic heterocycles. The molecule has 0 aromatic heterocycles. The predicted molar refractivity (Wildman–Crippen MR) is 55.3 cm³/mol. The molecule has 98 valence electrons. The average Bonchev–Trinajstić information content (AvgIpc) is 2.15. The van der Waals surface area contributed by atoms with Crippen LogP contribution in [0.1, 0.15) is 45.4 Å². The van der Waals surface area contributed by atoms with Gasteiger partial charge < -0.3 is 5.32 Å². The Morgan fingerprint density at radius 1 is 1.18 bits per heavy atom. The minimum atomic E-state index is -4.53. The highest BCUT2D eigenvalue weighted by Gasteiger charge is 2.40. The second-order valence-corrected chi connectivity index (χ2v) is 4.54. The zero-order valence-corrected chi connectivity index (χ0v) is 9.69. The summed E-state index contributed by atoms with van der Waals surface area (Å²) in [6, 6.07) is 0. The molecule has 1 rings (SSSR count). The maximum Gasteiger partial charge on any atom is 0.397 e. The summed E-state index contributed by atoms with van der Waals surface area (Å²) in [5.74, 6) is -1.37. The van der Waals surface area contributed by atoms with E-state index in [-0.39, 0.29) is 5.78 Å². The number of hydrogen-bond acceptors (Lipinski definition) is 2. The van der Waals surface area contributed by atoms with Crippen molar-refractivity contribution in [3.05, 3.63) is 0 Å². The third kappa shape index (κ3) is 4.02. The van der Waals surface area contributed by atoms with E-state index in [0.29, 0.717) is 12.8 Å². The van der Waals surface area contributed by atoms with Crippen LogP contribution in [-0.2, 0) is 9.59 Å². The first-order chi connectivity index (χ1) is 7.75. The van der Waals surface area contributed by atoms with Gasteiger partial charge in [0.2, 0.25) is 5.91 Å². The monoisotopic (exact) mass is 251 g/mol. The number of ketones is 1. The van der Waals surface area contributed by atoms with Crippen LogP contribution < -0.4 is 5.32 Å². The normalized spacial score (nSPS) is 19.8. The smallest absolute Gasteiger partial charge is 0.343 e. The van der Waals surface area contributed by atoms with Gasteiger partial charge in [-0.05, 0) is 19.8 Å². The number of alkyl halides is 3. The summed E-state index contributed by atoms with van der Waals surface area (Å²) in [5, 5.41) is 2.28. The van der Waals surface area contributed by atoms with Crippen LogP contribution in [0.15, 0.2) is 0 Å². The Labute approximate surface area is 97.8 Å². The maximum absolute atomic E-state index is 12.0. The average molecular weight is 251 g/mol. The van der Waals surface area contributed by atoms with Crippen molar-refractivity contribution in [3.8, 4) is 0 Å². The molecule has 6 heteroatoms. The molecule has 1 saturated carbocycles. The highest BCUT2D eigenvalue weighted by atomic mass is 19.4. The van der Waals surface area contributed by atoms with Gasteiger partial charge in [0.05, 0.1) is 5.54 Å². The fraction of sp³-hybridized carbons (Fsp3) is 0.818. The van der Waals surface area contributed by atoms with Crippen LogP contribution in [0.3, 0.4) is 0 Å². The molecular weight excluding hydrogens is 235 g/mol. The van der Waals surface area contributed by atoms with E-state index in [9.17, 15) is 22.8 Å². The second-order valence-electron chi connectivity index (χ2n) is 4.54. The van der Waals surface area contributed by atoms with Crippen LogP contribution in [0.4, 0.5) is 13.2 Å². The van der Waals surface area contributed by atoms with Crippen molar-refractivity contribution in [2.75, 3.05) is 0 Å². The molecule has 0 aromatic rings. The van der Waals surface area contributed by atoms with Crippen LogP contribution in [0, 0.1) is 0 Å². The number of halogens is 3. The molecule has 0 spiro atoms. The molecule has 0 saturated heterocycles. The lowest BCUT2D eigenvalue weighted by atomic mass is 9.79. The van der Waals surface area contributed by atoms with Crippen molar-refractivity contribution < 1.29 is 22.8 Å². The van der Waals surface area contributed by atoms with Gasteiger partial charge in [-0.1, -0.05) is 19.3 Å². The molecule has 0 atom stereocenters. The van der Waals surface area contributed by atoms with Crippen molar-refractivity contribution in [3.63, 3.8) is 0 Å². The van der Waals surface area contributed by atoms with Crippen LogP contribution in [0.25, 0.3) is 0 Å². The van der Waals surface area contributed by atoms with Gasteiger partial charge in [-0.25, -0.2) is 0 Å². The maximum atomic E-state index is 12.0. The summed E-state index contributed by atoms with van der Waals surface area (Å²) in [6.45, 7) is 1.32. The molecular formula is C11H16F3NO2. The first-order valence-corrected chi connectivity index (χ1v) is 5.64. The SMILES string of the molecule is CC(=O)C1(NC(=O)CC(F)(F)F)CCCCC1. The van der Waals surface area contributed by atoms with E-state index in [1.54, 1.807) is 0 Å². The Kier molecular flexibility index (Phi) is 4.16. The Morgan fingerprint density at radius 3 is 2.12 bits per heavy atom. The summed E-state index contributed by atoms with van der Waals surface area (Å²) in [5.41, 5.74) is -1.07. The molecule has 0 bridgehead atoms. The molecule has 0 radical (unpaired) electrons. The van der Waals surface area contributed by atoms with Gasteiger partial charge in [0.1, 0.15) is 6.42 Å². The van der Waals surface area contributed by atoms with Crippen LogP contribution in [0.2, 0.25) is 0 Å². The number of hydrogen-bond donors (Lipinski definition) is 1. The number of amides is 1. The Hall–Kier alpha value is -1.07. The van der Waals surface area contributed by atoms with Gasteiger partial charge in [0.15, 0.2) is 5.78 Å². The molecule has 1 N–H and O–H groups in total. The second kappa shape index (κ2) is 5.06. The van der Waals surface area contributed by atoms with Crippen LogP contribution >= 0.6 is 0 Å². The number of carbonyl (C=O) groups is 2. The highest BCUT2D eigenvalue weighted by Crippen LogP contribution is 2.30. The highest BCUT2D eigenvalue weighted by molar-refractivity contribution is 5.91. The summed E-state index contributed by atoms with van der Waals surface area (Å²) in [7, 11) is 0. The van der Waals surface area contributed by atoms with E-state index in [2.05, 4.69) is 5.32 Å². The molecule has 3 nitrogen and oxygen atoms in total.